The van der Waals surface area contributed by atoms with Gasteiger partial charge in [0.05, 0.1) is 11.2 Å². The van der Waals surface area contributed by atoms with Gasteiger partial charge in [-0.15, -0.1) is 11.3 Å². The van der Waals surface area contributed by atoms with E-state index < -0.39 is 0 Å². The van der Waals surface area contributed by atoms with E-state index in [1.165, 1.54) is 16.7 Å². The Labute approximate surface area is 127 Å². The molecule has 1 aliphatic carbocycles. The first-order valence-electron chi connectivity index (χ1n) is 7.23. The number of aryl methyl sites for hydroxylation is 1. The lowest BCUT2D eigenvalue weighted by molar-refractivity contribution is 0.241. The monoisotopic (exact) mass is 299 g/mol. The van der Waals surface area contributed by atoms with Crippen molar-refractivity contribution >= 4 is 17.4 Å². The highest BCUT2D eigenvalue weighted by atomic mass is 32.1. The molecule has 4 nitrogen and oxygen atoms in total. The number of fused-ring (bicyclic) bond motifs is 1. The number of hydrogen-bond donors (Lipinski definition) is 1. The van der Waals surface area contributed by atoms with Crippen LogP contribution in [0.15, 0.2) is 34.1 Å². The number of aliphatic imine (C=N–C) groups is 1. The number of hydrogen-bond acceptors (Lipinski definition) is 5. The highest BCUT2D eigenvalue weighted by Crippen LogP contribution is 2.35. The molecule has 108 valence electrons. The van der Waals surface area contributed by atoms with E-state index in [1.54, 1.807) is 11.3 Å². The molecule has 2 N–H and O–H groups in total. The van der Waals surface area contributed by atoms with Crippen LogP contribution in [0.1, 0.15) is 24.0 Å². The van der Waals surface area contributed by atoms with Crippen molar-refractivity contribution in [1.82, 2.24) is 4.98 Å². The van der Waals surface area contributed by atoms with Crippen molar-refractivity contribution in [1.29, 1.82) is 0 Å². The normalized spacial score (nSPS) is 24.3. The Kier molecular flexibility index (Phi) is 2.96. The van der Waals surface area contributed by atoms with E-state index in [-0.39, 0.29) is 5.54 Å². The molecule has 1 spiro atoms. The summed E-state index contributed by atoms with van der Waals surface area (Å²) >= 11 is 1.63. The van der Waals surface area contributed by atoms with Crippen molar-refractivity contribution < 1.29 is 4.74 Å². The van der Waals surface area contributed by atoms with Crippen LogP contribution in [-0.4, -0.2) is 23.2 Å². The van der Waals surface area contributed by atoms with Crippen molar-refractivity contribution in [3.05, 3.63) is 40.2 Å². The fraction of sp³-hybridized carbons (Fsp3) is 0.375. The van der Waals surface area contributed by atoms with Crippen molar-refractivity contribution in [2.45, 2.75) is 31.2 Å². The summed E-state index contributed by atoms with van der Waals surface area (Å²) in [5.41, 5.74) is 12.5. The average Bonchev–Trinajstić information content (AvgIpc) is 3.07. The molecule has 0 amide bonds. The molecule has 0 saturated heterocycles. The van der Waals surface area contributed by atoms with Crippen molar-refractivity contribution in [3.63, 3.8) is 0 Å². The number of benzene rings is 1. The molecule has 1 aromatic carbocycles. The maximum Gasteiger partial charge on any atom is 0.282 e. The van der Waals surface area contributed by atoms with E-state index in [4.69, 9.17) is 10.5 Å². The summed E-state index contributed by atoms with van der Waals surface area (Å²) in [6, 6.07) is 7.02. The molecule has 2 aliphatic rings. The molecule has 2 heterocycles. The summed E-state index contributed by atoms with van der Waals surface area (Å²) in [7, 11) is 0. The molecular formula is C16H17N3OS. The third-order valence-electron chi connectivity index (χ3n) is 4.38. The first-order valence-corrected chi connectivity index (χ1v) is 8.17. The number of amidine groups is 1. The average molecular weight is 299 g/mol. The van der Waals surface area contributed by atoms with Crippen molar-refractivity contribution in [2.75, 3.05) is 6.61 Å². The van der Waals surface area contributed by atoms with Crippen LogP contribution in [0.5, 0.6) is 0 Å². The van der Waals surface area contributed by atoms with Crippen LogP contribution in [0.3, 0.4) is 0 Å². The van der Waals surface area contributed by atoms with Gasteiger partial charge in [0.25, 0.3) is 6.02 Å². The number of nitrogens with zero attached hydrogens (tertiary/aromatic N) is 2. The summed E-state index contributed by atoms with van der Waals surface area (Å²) in [4.78, 5) is 9.00. The fourth-order valence-corrected chi connectivity index (χ4v) is 3.89. The van der Waals surface area contributed by atoms with Crippen LogP contribution in [0.4, 0.5) is 0 Å². The molecule has 2 aromatic rings. The minimum Gasteiger partial charge on any atom is -0.463 e. The molecule has 0 bridgehead atoms. The van der Waals surface area contributed by atoms with Gasteiger partial charge >= 0.3 is 0 Å². The van der Waals surface area contributed by atoms with Gasteiger partial charge < -0.3 is 10.5 Å². The molecule has 1 aliphatic heterocycles. The second-order valence-corrected chi connectivity index (χ2v) is 6.57. The highest BCUT2D eigenvalue weighted by molar-refractivity contribution is 7.07. The third kappa shape index (κ3) is 2.31. The Morgan fingerprint density at radius 1 is 1.29 bits per heavy atom. The summed E-state index contributed by atoms with van der Waals surface area (Å²) < 4.78 is 5.44. The maximum atomic E-state index is 5.74. The van der Waals surface area contributed by atoms with Gasteiger partial charge in [-0.05, 0) is 36.5 Å². The molecular weight excluding hydrogens is 282 g/mol. The predicted molar refractivity (Wildman–Crippen MR) is 84.5 cm³/mol. The number of nitrogens with two attached hydrogens (primary N) is 1. The summed E-state index contributed by atoms with van der Waals surface area (Å²) in [6.07, 6.45) is 4.17. The highest BCUT2D eigenvalue weighted by Gasteiger charge is 2.37. The Bertz CT molecular complexity index is 696. The number of thiazole rings is 1. The first-order chi connectivity index (χ1) is 10.2. The van der Waals surface area contributed by atoms with Crippen LogP contribution in [0, 0.1) is 0 Å². The van der Waals surface area contributed by atoms with Crippen molar-refractivity contribution in [2.24, 2.45) is 10.7 Å². The molecule has 0 unspecified atom stereocenters. The smallest absolute Gasteiger partial charge is 0.282 e. The van der Waals surface area contributed by atoms with Gasteiger partial charge in [0.2, 0.25) is 0 Å². The van der Waals surface area contributed by atoms with Crippen LogP contribution in [0.25, 0.3) is 11.3 Å². The van der Waals surface area contributed by atoms with Gasteiger partial charge in [-0.1, -0.05) is 12.1 Å². The van der Waals surface area contributed by atoms with Crippen molar-refractivity contribution in [3.8, 4) is 11.3 Å². The topological polar surface area (TPSA) is 60.5 Å². The maximum absolute atomic E-state index is 5.74. The lowest BCUT2D eigenvalue weighted by atomic mass is 9.89. The molecule has 1 atom stereocenters. The van der Waals surface area contributed by atoms with Crippen LogP contribution in [0.2, 0.25) is 0 Å². The standard InChI is InChI=1S/C16H17N3OS/c17-15-19-16(9-20-15)5-1-2-11-3-4-12(6-13(11)7-16)14-8-21-10-18-14/h3-4,6,8,10H,1-2,5,7,9H2,(H2,17,19)/t16-/m1/s1. The Morgan fingerprint density at radius 3 is 3.00 bits per heavy atom. The third-order valence-corrected chi connectivity index (χ3v) is 4.96. The second-order valence-electron chi connectivity index (χ2n) is 5.85. The zero-order chi connectivity index (χ0) is 14.3. The number of aromatic nitrogens is 1. The Morgan fingerprint density at radius 2 is 2.24 bits per heavy atom. The molecule has 5 heteroatoms. The summed E-state index contributed by atoms with van der Waals surface area (Å²) in [5, 5.41) is 2.09. The van der Waals surface area contributed by atoms with E-state index in [0.717, 1.165) is 31.4 Å². The Balaban J connectivity index is 1.73. The zero-order valence-corrected chi connectivity index (χ0v) is 12.5. The predicted octanol–water partition coefficient (Wildman–Crippen LogP) is 2.77. The molecule has 0 fully saturated rings. The first kappa shape index (κ1) is 12.8. The molecule has 4 rings (SSSR count). The van der Waals surface area contributed by atoms with Gasteiger partial charge in [-0.25, -0.2) is 9.98 Å². The number of ether oxygens (including phenoxy) is 1. The van der Waals surface area contributed by atoms with Crippen LogP contribution in [-0.2, 0) is 17.6 Å². The van der Waals surface area contributed by atoms with Crippen LogP contribution < -0.4 is 5.73 Å². The second kappa shape index (κ2) is 4.84. The van der Waals surface area contributed by atoms with E-state index in [0.29, 0.717) is 12.6 Å². The van der Waals surface area contributed by atoms with Gasteiger partial charge in [-0.2, -0.15) is 0 Å². The summed E-state index contributed by atoms with van der Waals surface area (Å²) in [5.74, 6) is 0. The van der Waals surface area contributed by atoms with E-state index >= 15 is 0 Å². The number of rotatable bonds is 1. The Hall–Kier alpha value is -1.88. The lowest BCUT2D eigenvalue weighted by Crippen LogP contribution is -2.30. The quantitative estimate of drug-likeness (QED) is 0.881. The minimum atomic E-state index is -0.157. The largest absolute Gasteiger partial charge is 0.463 e. The van der Waals surface area contributed by atoms with E-state index in [2.05, 4.69) is 33.6 Å². The van der Waals surface area contributed by atoms with Gasteiger partial charge in [0.15, 0.2) is 0 Å². The molecule has 0 radical (unpaired) electrons. The zero-order valence-electron chi connectivity index (χ0n) is 11.7. The van der Waals surface area contributed by atoms with Gasteiger partial charge in [0.1, 0.15) is 12.1 Å². The minimum absolute atomic E-state index is 0.157. The molecule has 21 heavy (non-hydrogen) atoms. The van der Waals surface area contributed by atoms with Gasteiger partial charge in [-0.3, -0.25) is 0 Å². The van der Waals surface area contributed by atoms with Crippen LogP contribution >= 0.6 is 11.3 Å². The van der Waals surface area contributed by atoms with E-state index in [9.17, 15) is 0 Å². The molecule has 1 aromatic heterocycles. The lowest BCUT2D eigenvalue weighted by Gasteiger charge is -2.22. The van der Waals surface area contributed by atoms with Gasteiger partial charge in [0, 0.05) is 17.4 Å². The fourth-order valence-electron chi connectivity index (χ4n) is 3.32. The molecule has 0 saturated carbocycles. The van der Waals surface area contributed by atoms with E-state index in [1.807, 2.05) is 5.51 Å². The SMILES string of the molecule is NC1=N[C@@]2(CCCc3ccc(-c4cscn4)cc3C2)CO1. The summed E-state index contributed by atoms with van der Waals surface area (Å²) in [6.45, 7) is 0.610.